The molecule has 0 bridgehead atoms. The summed E-state index contributed by atoms with van der Waals surface area (Å²) in [5, 5.41) is 0. The van der Waals surface area contributed by atoms with E-state index < -0.39 is 0 Å². The van der Waals surface area contributed by atoms with Crippen LogP contribution in [0.2, 0.25) is 0 Å². The van der Waals surface area contributed by atoms with Gasteiger partial charge in [0.05, 0.1) is 5.88 Å². The van der Waals surface area contributed by atoms with Crippen molar-refractivity contribution in [1.29, 1.82) is 0 Å². The molecule has 1 aromatic heterocycles. The molecule has 0 fully saturated rings. The topological polar surface area (TPSA) is 25.4 Å². The first-order valence-corrected chi connectivity index (χ1v) is 6.18. The maximum absolute atomic E-state index is 5.85. The molecular formula is C14H15ClN2O. The van der Waals surface area contributed by atoms with Crippen molar-refractivity contribution >= 4 is 17.3 Å². The van der Waals surface area contributed by atoms with Crippen molar-refractivity contribution < 1.29 is 4.74 Å². The molecule has 2 rings (SSSR count). The number of anilines is 1. The van der Waals surface area contributed by atoms with E-state index in [9.17, 15) is 0 Å². The summed E-state index contributed by atoms with van der Waals surface area (Å²) in [6.45, 7) is 0. The first-order chi connectivity index (χ1) is 8.70. The molecule has 1 heterocycles. The van der Waals surface area contributed by atoms with Crippen LogP contribution in [0.4, 0.5) is 5.69 Å². The summed E-state index contributed by atoms with van der Waals surface area (Å²) in [7, 11) is 3.99. The molecule has 3 nitrogen and oxygen atoms in total. The van der Waals surface area contributed by atoms with E-state index in [0.717, 1.165) is 22.7 Å². The van der Waals surface area contributed by atoms with Crippen LogP contribution >= 0.6 is 11.6 Å². The normalized spacial score (nSPS) is 10.2. The molecule has 2 aromatic rings. The number of halogens is 1. The third-order valence-electron chi connectivity index (χ3n) is 2.56. The molecule has 94 valence electrons. The van der Waals surface area contributed by atoms with Crippen LogP contribution in [0.5, 0.6) is 11.5 Å². The van der Waals surface area contributed by atoms with Crippen molar-refractivity contribution in [2.24, 2.45) is 0 Å². The van der Waals surface area contributed by atoms with E-state index >= 15 is 0 Å². The molecule has 0 saturated heterocycles. The zero-order valence-electron chi connectivity index (χ0n) is 10.4. The molecule has 0 amide bonds. The Balaban J connectivity index is 2.25. The molecule has 0 radical (unpaired) electrons. The highest BCUT2D eigenvalue weighted by molar-refractivity contribution is 6.17. The van der Waals surface area contributed by atoms with Gasteiger partial charge in [-0.05, 0) is 18.2 Å². The van der Waals surface area contributed by atoms with Crippen LogP contribution in [0.1, 0.15) is 5.56 Å². The SMILES string of the molecule is CN(C)c1cccc(Oc2ccncc2CCl)c1. The number of ether oxygens (including phenoxy) is 1. The average Bonchev–Trinajstić information content (AvgIpc) is 2.39. The van der Waals surface area contributed by atoms with E-state index in [-0.39, 0.29) is 0 Å². The molecule has 0 spiro atoms. The Bertz CT molecular complexity index is 529. The monoisotopic (exact) mass is 262 g/mol. The Kier molecular flexibility index (Phi) is 4.05. The molecule has 0 saturated carbocycles. The number of hydrogen-bond donors (Lipinski definition) is 0. The fourth-order valence-electron chi connectivity index (χ4n) is 1.57. The van der Waals surface area contributed by atoms with Crippen LogP contribution in [0.15, 0.2) is 42.7 Å². The van der Waals surface area contributed by atoms with Gasteiger partial charge in [0, 0.05) is 43.8 Å². The van der Waals surface area contributed by atoms with Gasteiger partial charge in [-0.1, -0.05) is 6.07 Å². The van der Waals surface area contributed by atoms with E-state index in [1.54, 1.807) is 12.4 Å². The molecule has 0 aliphatic carbocycles. The zero-order chi connectivity index (χ0) is 13.0. The lowest BCUT2D eigenvalue weighted by Crippen LogP contribution is -2.08. The predicted octanol–water partition coefficient (Wildman–Crippen LogP) is 3.68. The van der Waals surface area contributed by atoms with Crippen LogP contribution in [-0.2, 0) is 5.88 Å². The largest absolute Gasteiger partial charge is 0.457 e. The highest BCUT2D eigenvalue weighted by Crippen LogP contribution is 2.27. The first-order valence-electron chi connectivity index (χ1n) is 5.65. The number of alkyl halides is 1. The van der Waals surface area contributed by atoms with Gasteiger partial charge in [0.25, 0.3) is 0 Å². The Labute approximate surface area is 112 Å². The smallest absolute Gasteiger partial charge is 0.134 e. The number of benzene rings is 1. The second kappa shape index (κ2) is 5.74. The lowest BCUT2D eigenvalue weighted by Gasteiger charge is -2.14. The van der Waals surface area contributed by atoms with Crippen LogP contribution in [0.3, 0.4) is 0 Å². The highest BCUT2D eigenvalue weighted by atomic mass is 35.5. The van der Waals surface area contributed by atoms with E-state index in [1.165, 1.54) is 0 Å². The minimum absolute atomic E-state index is 0.385. The number of pyridine rings is 1. The van der Waals surface area contributed by atoms with Crippen molar-refractivity contribution in [2.75, 3.05) is 19.0 Å². The second-order valence-corrected chi connectivity index (χ2v) is 4.38. The molecule has 0 aliphatic rings. The summed E-state index contributed by atoms with van der Waals surface area (Å²) in [5.41, 5.74) is 1.98. The third kappa shape index (κ3) is 2.93. The van der Waals surface area contributed by atoms with Crippen molar-refractivity contribution in [3.05, 3.63) is 48.3 Å². The van der Waals surface area contributed by atoms with Crippen LogP contribution in [0, 0.1) is 0 Å². The molecule has 4 heteroatoms. The van der Waals surface area contributed by atoms with Gasteiger partial charge in [0.2, 0.25) is 0 Å². The number of nitrogens with zero attached hydrogens (tertiary/aromatic N) is 2. The molecule has 0 N–H and O–H groups in total. The van der Waals surface area contributed by atoms with Crippen LogP contribution in [-0.4, -0.2) is 19.1 Å². The second-order valence-electron chi connectivity index (χ2n) is 4.11. The average molecular weight is 263 g/mol. The van der Waals surface area contributed by atoms with Gasteiger partial charge in [-0.25, -0.2) is 0 Å². The maximum atomic E-state index is 5.85. The summed E-state index contributed by atoms with van der Waals surface area (Å²) >= 11 is 5.85. The van der Waals surface area contributed by atoms with E-state index in [2.05, 4.69) is 4.98 Å². The quantitative estimate of drug-likeness (QED) is 0.786. The standard InChI is InChI=1S/C14H15ClN2O/c1-17(2)12-4-3-5-13(8-12)18-14-6-7-16-10-11(14)9-15/h3-8,10H,9H2,1-2H3. The van der Waals surface area contributed by atoms with Gasteiger partial charge < -0.3 is 9.64 Å². The number of aromatic nitrogens is 1. The Morgan fingerprint density at radius 1 is 1.28 bits per heavy atom. The molecule has 0 atom stereocenters. The lowest BCUT2D eigenvalue weighted by molar-refractivity contribution is 0.477. The predicted molar refractivity (Wildman–Crippen MR) is 74.6 cm³/mol. The zero-order valence-corrected chi connectivity index (χ0v) is 11.2. The van der Waals surface area contributed by atoms with Crippen LogP contribution in [0.25, 0.3) is 0 Å². The van der Waals surface area contributed by atoms with Gasteiger partial charge in [-0.2, -0.15) is 0 Å². The Hall–Kier alpha value is -1.74. The van der Waals surface area contributed by atoms with Crippen molar-refractivity contribution in [3.8, 4) is 11.5 Å². The van der Waals surface area contributed by atoms with Crippen molar-refractivity contribution in [1.82, 2.24) is 4.98 Å². The fourth-order valence-corrected chi connectivity index (χ4v) is 1.77. The van der Waals surface area contributed by atoms with Gasteiger partial charge >= 0.3 is 0 Å². The van der Waals surface area contributed by atoms with Gasteiger partial charge in [0.15, 0.2) is 0 Å². The first kappa shape index (κ1) is 12.7. The number of rotatable bonds is 4. The molecule has 0 unspecified atom stereocenters. The minimum atomic E-state index is 0.385. The molecule has 1 aromatic carbocycles. The molecule has 0 aliphatic heterocycles. The third-order valence-corrected chi connectivity index (χ3v) is 2.85. The van der Waals surface area contributed by atoms with E-state index in [4.69, 9.17) is 16.3 Å². The Morgan fingerprint density at radius 3 is 2.83 bits per heavy atom. The summed E-state index contributed by atoms with van der Waals surface area (Å²) in [4.78, 5) is 6.06. The van der Waals surface area contributed by atoms with Crippen molar-refractivity contribution in [3.63, 3.8) is 0 Å². The lowest BCUT2D eigenvalue weighted by atomic mass is 10.2. The highest BCUT2D eigenvalue weighted by Gasteiger charge is 2.05. The van der Waals surface area contributed by atoms with Gasteiger partial charge in [-0.15, -0.1) is 11.6 Å². The van der Waals surface area contributed by atoms with Gasteiger partial charge in [0.1, 0.15) is 11.5 Å². The van der Waals surface area contributed by atoms with Gasteiger partial charge in [-0.3, -0.25) is 4.98 Å². The minimum Gasteiger partial charge on any atom is -0.457 e. The Morgan fingerprint density at radius 2 is 2.11 bits per heavy atom. The maximum Gasteiger partial charge on any atom is 0.134 e. The summed E-state index contributed by atoms with van der Waals surface area (Å²) in [5.74, 6) is 1.92. The number of hydrogen-bond acceptors (Lipinski definition) is 3. The molecular weight excluding hydrogens is 248 g/mol. The van der Waals surface area contributed by atoms with Crippen LogP contribution < -0.4 is 9.64 Å². The summed E-state index contributed by atoms with van der Waals surface area (Å²) < 4.78 is 5.84. The summed E-state index contributed by atoms with van der Waals surface area (Å²) in [6.07, 6.45) is 3.42. The fraction of sp³-hybridized carbons (Fsp3) is 0.214. The van der Waals surface area contributed by atoms with E-state index in [1.807, 2.05) is 49.3 Å². The molecule has 18 heavy (non-hydrogen) atoms. The summed E-state index contributed by atoms with van der Waals surface area (Å²) in [6, 6.07) is 9.72. The van der Waals surface area contributed by atoms with E-state index in [0.29, 0.717) is 5.88 Å². The van der Waals surface area contributed by atoms with Crippen molar-refractivity contribution in [2.45, 2.75) is 5.88 Å².